The monoisotopic (exact) mass is 421 g/mol. The average molecular weight is 421 g/mol. The lowest BCUT2D eigenvalue weighted by molar-refractivity contribution is -0.139. The molecule has 0 spiro atoms. The summed E-state index contributed by atoms with van der Waals surface area (Å²) in [4.78, 5) is 17.7. The Morgan fingerprint density at radius 2 is 1.97 bits per heavy atom. The lowest BCUT2D eigenvalue weighted by atomic mass is 9.94. The van der Waals surface area contributed by atoms with Gasteiger partial charge in [0.1, 0.15) is 0 Å². The highest BCUT2D eigenvalue weighted by Crippen LogP contribution is 2.41. The first kappa shape index (κ1) is 20.8. The number of hydrogen-bond donors (Lipinski definition) is 1. The number of carbonyl (C=O) groups is 1. The SMILES string of the molecule is CCCOc1ccc([C@H]2C(C(=O)OCC)=C(C)Nc3nc4ccccc4n32)cc1OC. The first-order valence-corrected chi connectivity index (χ1v) is 10.5. The molecule has 4 rings (SSSR count). The highest BCUT2D eigenvalue weighted by Gasteiger charge is 2.35. The number of rotatable bonds is 7. The number of benzene rings is 2. The summed E-state index contributed by atoms with van der Waals surface area (Å²) in [5.74, 6) is 1.63. The van der Waals surface area contributed by atoms with E-state index in [1.165, 1.54) is 0 Å². The summed E-state index contributed by atoms with van der Waals surface area (Å²) in [7, 11) is 1.62. The Kier molecular flexibility index (Phi) is 5.84. The number of nitrogens with one attached hydrogen (secondary N) is 1. The van der Waals surface area contributed by atoms with Crippen molar-refractivity contribution in [1.29, 1.82) is 0 Å². The third-order valence-corrected chi connectivity index (χ3v) is 5.29. The van der Waals surface area contributed by atoms with Gasteiger partial charge in [0.05, 0.1) is 43.0 Å². The summed E-state index contributed by atoms with van der Waals surface area (Å²) < 4.78 is 18.9. The van der Waals surface area contributed by atoms with Gasteiger partial charge in [0, 0.05) is 5.70 Å². The Hall–Kier alpha value is -3.48. The quantitative estimate of drug-likeness (QED) is 0.558. The molecule has 1 N–H and O–H groups in total. The number of esters is 1. The maximum atomic E-state index is 13.0. The zero-order valence-corrected chi connectivity index (χ0v) is 18.3. The van der Waals surface area contributed by atoms with Crippen molar-refractivity contribution in [2.75, 3.05) is 25.6 Å². The van der Waals surface area contributed by atoms with Crippen LogP contribution in [0.25, 0.3) is 11.0 Å². The van der Waals surface area contributed by atoms with Crippen LogP contribution in [0.5, 0.6) is 11.5 Å². The molecule has 1 aromatic heterocycles. The number of aromatic nitrogens is 2. The van der Waals surface area contributed by atoms with Crippen molar-refractivity contribution < 1.29 is 19.0 Å². The molecule has 1 aliphatic heterocycles. The molecule has 0 unspecified atom stereocenters. The molecular weight excluding hydrogens is 394 g/mol. The van der Waals surface area contributed by atoms with Gasteiger partial charge in [-0.25, -0.2) is 9.78 Å². The van der Waals surface area contributed by atoms with E-state index in [9.17, 15) is 4.79 Å². The average Bonchev–Trinajstić information content (AvgIpc) is 3.14. The van der Waals surface area contributed by atoms with Crippen molar-refractivity contribution >= 4 is 23.0 Å². The second-order valence-corrected chi connectivity index (χ2v) is 7.34. The van der Waals surface area contributed by atoms with Crippen molar-refractivity contribution in [1.82, 2.24) is 9.55 Å². The largest absolute Gasteiger partial charge is 0.493 e. The summed E-state index contributed by atoms with van der Waals surface area (Å²) in [6.07, 6.45) is 0.901. The minimum absolute atomic E-state index is 0.299. The van der Waals surface area contributed by atoms with E-state index in [1.807, 2.05) is 54.0 Å². The first-order chi connectivity index (χ1) is 15.1. The lowest BCUT2D eigenvalue weighted by Gasteiger charge is -2.30. The van der Waals surface area contributed by atoms with Gasteiger partial charge in [0.15, 0.2) is 11.5 Å². The summed E-state index contributed by atoms with van der Waals surface area (Å²) in [5, 5.41) is 3.28. The molecule has 3 aromatic rings. The van der Waals surface area contributed by atoms with Crippen LogP contribution in [0.4, 0.5) is 5.95 Å². The molecule has 0 fully saturated rings. The van der Waals surface area contributed by atoms with Crippen LogP contribution in [0, 0.1) is 0 Å². The van der Waals surface area contributed by atoms with Gasteiger partial charge in [-0.1, -0.05) is 25.1 Å². The van der Waals surface area contributed by atoms with Gasteiger partial charge in [-0.05, 0) is 50.1 Å². The third-order valence-electron chi connectivity index (χ3n) is 5.29. The van der Waals surface area contributed by atoms with Crippen molar-refractivity contribution in [3.63, 3.8) is 0 Å². The maximum absolute atomic E-state index is 13.0. The Labute approximate surface area is 181 Å². The van der Waals surface area contributed by atoms with Crippen LogP contribution in [-0.2, 0) is 9.53 Å². The Balaban J connectivity index is 1.91. The zero-order valence-electron chi connectivity index (χ0n) is 18.3. The number of ether oxygens (including phenoxy) is 3. The Bertz CT molecular complexity index is 1150. The van der Waals surface area contributed by atoms with Gasteiger partial charge >= 0.3 is 5.97 Å². The fourth-order valence-electron chi connectivity index (χ4n) is 3.94. The minimum Gasteiger partial charge on any atom is -0.493 e. The van der Waals surface area contributed by atoms with Crippen molar-refractivity contribution in [3.8, 4) is 11.5 Å². The molecule has 0 radical (unpaired) electrons. The predicted octanol–water partition coefficient (Wildman–Crippen LogP) is 4.69. The summed E-state index contributed by atoms with van der Waals surface area (Å²) >= 11 is 0. The van der Waals surface area contributed by atoms with Crippen molar-refractivity contribution in [2.45, 2.75) is 33.2 Å². The third kappa shape index (κ3) is 3.71. The van der Waals surface area contributed by atoms with E-state index in [-0.39, 0.29) is 5.97 Å². The summed E-state index contributed by atoms with van der Waals surface area (Å²) in [6, 6.07) is 13.2. The molecule has 1 aliphatic rings. The van der Waals surface area contributed by atoms with Gasteiger partial charge in [0.2, 0.25) is 5.95 Å². The van der Waals surface area contributed by atoms with E-state index in [0.717, 1.165) is 28.7 Å². The number of imidazole rings is 1. The number of anilines is 1. The first-order valence-electron chi connectivity index (χ1n) is 10.5. The van der Waals surface area contributed by atoms with E-state index in [4.69, 9.17) is 19.2 Å². The van der Waals surface area contributed by atoms with E-state index < -0.39 is 6.04 Å². The minimum atomic E-state index is -0.420. The molecule has 162 valence electrons. The van der Waals surface area contributed by atoms with Crippen LogP contribution in [0.15, 0.2) is 53.7 Å². The zero-order chi connectivity index (χ0) is 22.0. The van der Waals surface area contributed by atoms with Crippen LogP contribution in [0.1, 0.15) is 38.8 Å². The molecule has 0 saturated carbocycles. The van der Waals surface area contributed by atoms with Gasteiger partial charge in [-0.15, -0.1) is 0 Å². The number of methoxy groups -OCH3 is 1. The number of nitrogens with zero attached hydrogens (tertiary/aromatic N) is 2. The molecule has 0 bridgehead atoms. The highest BCUT2D eigenvalue weighted by molar-refractivity contribution is 5.94. The van der Waals surface area contributed by atoms with Crippen LogP contribution in [0.3, 0.4) is 0 Å². The van der Waals surface area contributed by atoms with Gasteiger partial charge in [-0.3, -0.25) is 4.57 Å². The lowest BCUT2D eigenvalue weighted by Crippen LogP contribution is -2.29. The second-order valence-electron chi connectivity index (χ2n) is 7.34. The Morgan fingerprint density at radius 3 is 2.71 bits per heavy atom. The van der Waals surface area contributed by atoms with Crippen molar-refractivity contribution in [2.24, 2.45) is 0 Å². The van der Waals surface area contributed by atoms with Crippen molar-refractivity contribution in [3.05, 3.63) is 59.3 Å². The fraction of sp³-hybridized carbons (Fsp3) is 0.333. The van der Waals surface area contributed by atoms with E-state index in [0.29, 0.717) is 36.2 Å². The van der Waals surface area contributed by atoms with Gasteiger partial charge in [-0.2, -0.15) is 0 Å². The topological polar surface area (TPSA) is 74.6 Å². The number of fused-ring (bicyclic) bond motifs is 3. The Morgan fingerprint density at radius 1 is 1.16 bits per heavy atom. The molecule has 2 heterocycles. The molecule has 0 amide bonds. The standard InChI is InChI=1S/C24H27N3O4/c1-5-13-31-19-12-11-16(14-20(19)29-4)22-21(23(28)30-6-2)15(3)25-24-26-17-9-7-8-10-18(17)27(22)24/h7-12,14,22H,5-6,13H2,1-4H3,(H,25,26)/t22-/m0/s1. The highest BCUT2D eigenvalue weighted by atomic mass is 16.5. The molecule has 7 heteroatoms. The molecular formula is C24H27N3O4. The van der Waals surface area contributed by atoms with Gasteiger partial charge < -0.3 is 19.5 Å². The van der Waals surface area contributed by atoms with Crippen LogP contribution in [-0.4, -0.2) is 35.8 Å². The number of carbonyl (C=O) groups excluding carboxylic acids is 1. The molecule has 2 aromatic carbocycles. The van der Waals surface area contributed by atoms with E-state index >= 15 is 0 Å². The molecule has 7 nitrogen and oxygen atoms in total. The van der Waals surface area contributed by atoms with Gasteiger partial charge in [0.25, 0.3) is 0 Å². The summed E-state index contributed by atoms with van der Waals surface area (Å²) in [5.41, 5.74) is 3.92. The second kappa shape index (κ2) is 8.71. The maximum Gasteiger partial charge on any atom is 0.338 e. The molecule has 0 saturated heterocycles. The van der Waals surface area contributed by atoms with E-state index in [1.54, 1.807) is 14.0 Å². The van der Waals surface area contributed by atoms with Crippen LogP contribution >= 0.6 is 0 Å². The molecule has 0 aliphatic carbocycles. The van der Waals surface area contributed by atoms with Crippen LogP contribution in [0.2, 0.25) is 0 Å². The number of para-hydroxylation sites is 2. The number of hydrogen-bond acceptors (Lipinski definition) is 6. The van der Waals surface area contributed by atoms with E-state index in [2.05, 4.69) is 12.2 Å². The summed E-state index contributed by atoms with van der Waals surface area (Å²) in [6.45, 7) is 6.64. The molecule has 1 atom stereocenters. The fourth-order valence-corrected chi connectivity index (χ4v) is 3.94. The smallest absolute Gasteiger partial charge is 0.338 e. The predicted molar refractivity (Wildman–Crippen MR) is 120 cm³/mol. The number of allylic oxidation sites excluding steroid dienone is 1. The van der Waals surface area contributed by atoms with Crippen LogP contribution < -0.4 is 14.8 Å². The molecule has 31 heavy (non-hydrogen) atoms. The normalized spacial score (nSPS) is 15.4.